The van der Waals surface area contributed by atoms with E-state index in [1.54, 1.807) is 11.8 Å². The third kappa shape index (κ3) is 3.75. The van der Waals surface area contributed by atoms with E-state index in [2.05, 4.69) is 5.32 Å². The standard InChI is InChI=1S/C12H23N3OS2/c1-11(2,3)14-10(16)15-7-5-12(18-4,6-8-15)9(13)17/h5-8H2,1-4H3,(H2,13,17)(H,14,16). The number of piperidine rings is 1. The molecule has 1 saturated heterocycles. The maximum atomic E-state index is 12.0. The molecule has 0 bridgehead atoms. The Balaban J connectivity index is 2.58. The largest absolute Gasteiger partial charge is 0.392 e. The van der Waals surface area contributed by atoms with E-state index in [0.29, 0.717) is 18.1 Å². The molecule has 18 heavy (non-hydrogen) atoms. The van der Waals surface area contributed by atoms with Crippen LogP contribution in [-0.2, 0) is 0 Å². The molecule has 1 aliphatic heterocycles. The number of nitrogens with two attached hydrogens (primary N) is 1. The highest BCUT2D eigenvalue weighted by Gasteiger charge is 2.38. The average molecular weight is 289 g/mol. The maximum absolute atomic E-state index is 12.0. The van der Waals surface area contributed by atoms with Gasteiger partial charge < -0.3 is 16.0 Å². The summed E-state index contributed by atoms with van der Waals surface area (Å²) in [5, 5.41) is 2.98. The fraction of sp³-hybridized carbons (Fsp3) is 0.833. The van der Waals surface area contributed by atoms with Crippen LogP contribution >= 0.6 is 24.0 Å². The van der Waals surface area contributed by atoms with Crippen molar-refractivity contribution in [3.05, 3.63) is 0 Å². The number of likely N-dealkylation sites (tertiary alicyclic amines) is 1. The van der Waals surface area contributed by atoms with Crippen LogP contribution in [0.25, 0.3) is 0 Å². The first kappa shape index (κ1) is 15.6. The second kappa shape index (κ2) is 5.65. The number of urea groups is 1. The van der Waals surface area contributed by atoms with Crippen LogP contribution in [0, 0.1) is 0 Å². The molecular formula is C12H23N3OS2. The summed E-state index contributed by atoms with van der Waals surface area (Å²) < 4.78 is -0.131. The highest BCUT2D eigenvalue weighted by Crippen LogP contribution is 2.34. The molecule has 0 saturated carbocycles. The van der Waals surface area contributed by atoms with Crippen LogP contribution in [0.4, 0.5) is 4.79 Å². The van der Waals surface area contributed by atoms with Gasteiger partial charge in [0.05, 0.1) is 9.74 Å². The fourth-order valence-electron chi connectivity index (χ4n) is 2.02. The lowest BCUT2D eigenvalue weighted by Gasteiger charge is -2.40. The van der Waals surface area contributed by atoms with Crippen molar-refractivity contribution in [3.8, 4) is 0 Å². The molecule has 4 nitrogen and oxygen atoms in total. The van der Waals surface area contributed by atoms with Gasteiger partial charge in [0.25, 0.3) is 0 Å². The average Bonchev–Trinajstić information content (AvgIpc) is 2.26. The van der Waals surface area contributed by atoms with E-state index < -0.39 is 0 Å². The van der Waals surface area contributed by atoms with Gasteiger partial charge in [0, 0.05) is 18.6 Å². The van der Waals surface area contributed by atoms with Crippen molar-refractivity contribution in [2.45, 2.75) is 43.9 Å². The van der Waals surface area contributed by atoms with Crippen LogP contribution in [0.5, 0.6) is 0 Å². The molecule has 0 radical (unpaired) electrons. The number of thiocarbonyl (C=S) groups is 1. The van der Waals surface area contributed by atoms with Crippen LogP contribution in [0.1, 0.15) is 33.6 Å². The number of carbonyl (C=O) groups is 1. The van der Waals surface area contributed by atoms with Crippen molar-refractivity contribution in [1.29, 1.82) is 0 Å². The van der Waals surface area contributed by atoms with Crippen LogP contribution in [0.15, 0.2) is 0 Å². The van der Waals surface area contributed by atoms with Crippen LogP contribution in [0.2, 0.25) is 0 Å². The third-order valence-corrected chi connectivity index (χ3v) is 5.11. The predicted molar refractivity (Wildman–Crippen MR) is 82.1 cm³/mol. The van der Waals surface area contributed by atoms with E-state index in [9.17, 15) is 4.79 Å². The van der Waals surface area contributed by atoms with Gasteiger partial charge in [-0.2, -0.15) is 11.8 Å². The van der Waals surface area contributed by atoms with Crippen molar-refractivity contribution < 1.29 is 4.79 Å². The highest BCUT2D eigenvalue weighted by atomic mass is 32.2. The first-order valence-electron chi connectivity index (χ1n) is 6.12. The molecule has 0 aromatic heterocycles. The van der Waals surface area contributed by atoms with E-state index in [1.165, 1.54) is 0 Å². The van der Waals surface area contributed by atoms with Gasteiger partial charge >= 0.3 is 6.03 Å². The molecule has 0 aromatic carbocycles. The summed E-state index contributed by atoms with van der Waals surface area (Å²) in [6.45, 7) is 7.36. The molecule has 0 spiro atoms. The maximum Gasteiger partial charge on any atom is 0.317 e. The summed E-state index contributed by atoms with van der Waals surface area (Å²) in [5.41, 5.74) is 5.63. The predicted octanol–water partition coefficient (Wildman–Crippen LogP) is 1.98. The Bertz CT molecular complexity index is 331. The van der Waals surface area contributed by atoms with Crippen molar-refractivity contribution >= 4 is 35.0 Å². The minimum Gasteiger partial charge on any atom is -0.392 e. The Hall–Kier alpha value is -0.490. The van der Waals surface area contributed by atoms with Gasteiger partial charge in [-0.1, -0.05) is 12.2 Å². The van der Waals surface area contributed by atoms with E-state index in [4.69, 9.17) is 18.0 Å². The molecule has 3 N–H and O–H groups in total. The summed E-state index contributed by atoms with van der Waals surface area (Å²) in [6.07, 6.45) is 3.70. The SMILES string of the molecule is CSC1(C(N)=S)CCN(C(=O)NC(C)(C)C)CC1. The molecule has 104 valence electrons. The highest BCUT2D eigenvalue weighted by molar-refractivity contribution is 8.02. The number of nitrogens with one attached hydrogen (secondary N) is 1. The van der Waals surface area contributed by atoms with E-state index in [-0.39, 0.29) is 16.3 Å². The van der Waals surface area contributed by atoms with Gasteiger partial charge in [0.15, 0.2) is 0 Å². The quantitative estimate of drug-likeness (QED) is 0.763. The molecule has 1 rings (SSSR count). The summed E-state index contributed by atoms with van der Waals surface area (Å²) in [6, 6.07) is 0.000132. The number of hydrogen-bond acceptors (Lipinski definition) is 3. The first-order chi connectivity index (χ1) is 8.20. The van der Waals surface area contributed by atoms with Crippen molar-refractivity contribution in [2.24, 2.45) is 5.73 Å². The topological polar surface area (TPSA) is 58.4 Å². The lowest BCUT2D eigenvalue weighted by atomic mass is 9.95. The third-order valence-electron chi connectivity index (χ3n) is 3.18. The lowest BCUT2D eigenvalue weighted by molar-refractivity contribution is 0.175. The Labute approximate surface area is 119 Å². The van der Waals surface area contributed by atoms with E-state index in [1.807, 2.05) is 31.9 Å². The minimum atomic E-state index is -0.200. The first-order valence-corrected chi connectivity index (χ1v) is 7.76. The van der Waals surface area contributed by atoms with Gasteiger partial charge in [-0.25, -0.2) is 4.79 Å². The zero-order valence-electron chi connectivity index (χ0n) is 11.6. The molecule has 1 heterocycles. The van der Waals surface area contributed by atoms with Gasteiger partial charge in [0.1, 0.15) is 0 Å². The monoisotopic (exact) mass is 289 g/mol. The molecule has 2 amide bonds. The van der Waals surface area contributed by atoms with Crippen LogP contribution in [0.3, 0.4) is 0 Å². The van der Waals surface area contributed by atoms with Crippen molar-refractivity contribution in [3.63, 3.8) is 0 Å². The second-order valence-electron chi connectivity index (χ2n) is 5.73. The Morgan fingerprint density at radius 2 is 1.89 bits per heavy atom. The van der Waals surface area contributed by atoms with E-state index in [0.717, 1.165) is 12.8 Å². The summed E-state index contributed by atoms with van der Waals surface area (Å²) >= 11 is 6.86. The molecule has 6 heteroatoms. The fourth-order valence-corrected chi connectivity index (χ4v) is 3.27. The van der Waals surface area contributed by atoms with Gasteiger partial charge in [-0.05, 0) is 39.9 Å². The number of nitrogens with zero attached hydrogens (tertiary/aromatic N) is 1. The van der Waals surface area contributed by atoms with Crippen molar-refractivity contribution in [1.82, 2.24) is 10.2 Å². The molecular weight excluding hydrogens is 266 g/mol. The molecule has 1 fully saturated rings. The Morgan fingerprint density at radius 1 is 1.39 bits per heavy atom. The molecule has 0 aliphatic carbocycles. The zero-order chi connectivity index (χ0) is 14.0. The van der Waals surface area contributed by atoms with Crippen LogP contribution < -0.4 is 11.1 Å². The smallest absolute Gasteiger partial charge is 0.317 e. The summed E-state index contributed by atoms with van der Waals surface area (Å²) in [4.78, 5) is 14.4. The number of carbonyl (C=O) groups excluding carboxylic acids is 1. The normalized spacial score (nSPS) is 19.4. The zero-order valence-corrected chi connectivity index (χ0v) is 13.2. The van der Waals surface area contributed by atoms with Crippen LogP contribution in [-0.4, -0.2) is 45.6 Å². The van der Waals surface area contributed by atoms with E-state index >= 15 is 0 Å². The van der Waals surface area contributed by atoms with Gasteiger partial charge in [0.2, 0.25) is 0 Å². The Morgan fingerprint density at radius 3 is 2.22 bits per heavy atom. The minimum absolute atomic E-state index is 0.000132. The lowest BCUT2D eigenvalue weighted by Crippen LogP contribution is -2.55. The van der Waals surface area contributed by atoms with Gasteiger partial charge in [-0.3, -0.25) is 0 Å². The number of rotatable bonds is 2. The number of hydrogen-bond donors (Lipinski definition) is 2. The van der Waals surface area contributed by atoms with Gasteiger partial charge in [-0.15, -0.1) is 0 Å². The molecule has 1 aliphatic rings. The number of amides is 2. The molecule has 0 unspecified atom stereocenters. The van der Waals surface area contributed by atoms with Crippen molar-refractivity contribution in [2.75, 3.05) is 19.3 Å². The summed E-state index contributed by atoms with van der Waals surface area (Å²) in [7, 11) is 0. The number of thioether (sulfide) groups is 1. The second-order valence-corrected chi connectivity index (χ2v) is 7.36. The Kier molecular flexibility index (Phi) is 4.89. The summed E-state index contributed by atoms with van der Waals surface area (Å²) in [5.74, 6) is 0. The molecule has 0 atom stereocenters. The molecule has 0 aromatic rings.